The Morgan fingerprint density at radius 1 is 1.39 bits per heavy atom. The van der Waals surface area contributed by atoms with Crippen LogP contribution >= 0.6 is 0 Å². The van der Waals surface area contributed by atoms with Crippen LogP contribution in [0.4, 0.5) is 5.69 Å². The van der Waals surface area contributed by atoms with Gasteiger partial charge in [-0.3, -0.25) is 0 Å². The first kappa shape index (κ1) is 13.3. The summed E-state index contributed by atoms with van der Waals surface area (Å²) < 4.78 is 26.3. The molecule has 0 aliphatic carbocycles. The first-order chi connectivity index (χ1) is 8.54. The number of nitrogens with two attached hydrogens (primary N) is 1. The van der Waals surface area contributed by atoms with E-state index in [0.29, 0.717) is 11.4 Å². The van der Waals surface area contributed by atoms with Gasteiger partial charge in [-0.1, -0.05) is 12.1 Å². The van der Waals surface area contributed by atoms with Crippen LogP contribution in [0.1, 0.15) is 12.8 Å². The number of benzene rings is 1. The summed E-state index contributed by atoms with van der Waals surface area (Å²) in [6, 6.07) is 7.16. The quantitative estimate of drug-likeness (QED) is 0.839. The molecule has 3 N–H and O–H groups in total. The highest BCUT2D eigenvalue weighted by Crippen LogP contribution is 2.27. The lowest BCUT2D eigenvalue weighted by molar-refractivity contribution is 0.503. The molecule has 18 heavy (non-hydrogen) atoms. The molecule has 100 valence electrons. The summed E-state index contributed by atoms with van der Waals surface area (Å²) in [6.07, 6.45) is 1.99. The normalized spacial score (nSPS) is 21.0. The van der Waals surface area contributed by atoms with E-state index in [1.807, 2.05) is 12.1 Å². The Kier molecular flexibility index (Phi) is 3.89. The summed E-state index contributed by atoms with van der Waals surface area (Å²) in [6.45, 7) is 1.56. The molecule has 0 spiro atoms. The third kappa shape index (κ3) is 2.66. The van der Waals surface area contributed by atoms with Crippen molar-refractivity contribution in [2.45, 2.75) is 23.8 Å². The van der Waals surface area contributed by atoms with Crippen molar-refractivity contribution in [2.24, 2.45) is 5.73 Å². The molecule has 1 aromatic rings. The number of rotatable bonds is 3. The zero-order chi connectivity index (χ0) is 13.2. The second-order valence-corrected chi connectivity index (χ2v) is 6.38. The Hall–Kier alpha value is -1.11. The Bertz CT molecular complexity index is 516. The van der Waals surface area contributed by atoms with E-state index < -0.39 is 10.0 Å². The maximum atomic E-state index is 12.0. The number of piperidine rings is 1. The largest absolute Gasteiger partial charge is 0.369 e. The number of nitrogens with zero attached hydrogens (tertiary/aromatic N) is 1. The van der Waals surface area contributed by atoms with Crippen LogP contribution in [-0.2, 0) is 10.0 Å². The van der Waals surface area contributed by atoms with Gasteiger partial charge in [0, 0.05) is 19.1 Å². The molecule has 0 radical (unpaired) electrons. The molecule has 6 heteroatoms. The van der Waals surface area contributed by atoms with Crippen LogP contribution in [0.25, 0.3) is 0 Å². The fourth-order valence-corrected chi connectivity index (χ4v) is 3.23. The summed E-state index contributed by atoms with van der Waals surface area (Å²) in [5, 5.41) is 0. The van der Waals surface area contributed by atoms with Crippen molar-refractivity contribution in [1.82, 2.24) is 4.72 Å². The van der Waals surface area contributed by atoms with Crippen molar-refractivity contribution < 1.29 is 8.42 Å². The average Bonchev–Trinajstić information content (AvgIpc) is 2.39. The van der Waals surface area contributed by atoms with Crippen LogP contribution in [0.15, 0.2) is 29.2 Å². The highest BCUT2D eigenvalue weighted by atomic mass is 32.2. The Balaban J connectivity index is 2.39. The molecule has 0 bridgehead atoms. The summed E-state index contributed by atoms with van der Waals surface area (Å²) in [7, 11) is -2.00. The van der Waals surface area contributed by atoms with E-state index >= 15 is 0 Å². The second-order valence-electron chi connectivity index (χ2n) is 4.52. The SMILES string of the molecule is CNS(=O)(=O)c1ccccc1N1CCCC(N)C1. The minimum absolute atomic E-state index is 0.115. The van der Waals surface area contributed by atoms with Crippen molar-refractivity contribution in [2.75, 3.05) is 25.0 Å². The lowest BCUT2D eigenvalue weighted by Gasteiger charge is -2.33. The molecule has 0 aromatic heterocycles. The monoisotopic (exact) mass is 269 g/mol. The van der Waals surface area contributed by atoms with E-state index in [-0.39, 0.29) is 6.04 Å². The maximum Gasteiger partial charge on any atom is 0.242 e. The molecule has 5 nitrogen and oxygen atoms in total. The lowest BCUT2D eigenvalue weighted by Crippen LogP contribution is -2.43. The number of anilines is 1. The average molecular weight is 269 g/mol. The summed E-state index contributed by atoms with van der Waals surface area (Å²) in [5.41, 5.74) is 6.69. The van der Waals surface area contributed by atoms with E-state index in [0.717, 1.165) is 25.1 Å². The Morgan fingerprint density at radius 3 is 2.78 bits per heavy atom. The van der Waals surface area contributed by atoms with Crippen molar-refractivity contribution in [3.63, 3.8) is 0 Å². The van der Waals surface area contributed by atoms with Gasteiger partial charge in [-0.05, 0) is 32.0 Å². The summed E-state index contributed by atoms with van der Waals surface area (Å²) >= 11 is 0. The summed E-state index contributed by atoms with van der Waals surface area (Å²) in [4.78, 5) is 2.37. The van der Waals surface area contributed by atoms with Crippen molar-refractivity contribution in [3.05, 3.63) is 24.3 Å². The molecule has 1 fully saturated rings. The van der Waals surface area contributed by atoms with Gasteiger partial charge in [0.05, 0.1) is 5.69 Å². The van der Waals surface area contributed by atoms with Crippen molar-refractivity contribution in [3.8, 4) is 0 Å². The van der Waals surface area contributed by atoms with Crippen LogP contribution in [-0.4, -0.2) is 34.6 Å². The van der Waals surface area contributed by atoms with Gasteiger partial charge in [-0.2, -0.15) is 0 Å². The molecule has 1 aromatic carbocycles. The van der Waals surface area contributed by atoms with E-state index in [4.69, 9.17) is 5.73 Å². The summed E-state index contributed by atoms with van der Waals surface area (Å²) in [5.74, 6) is 0. The molecule has 1 atom stereocenters. The standard InChI is InChI=1S/C12H19N3O2S/c1-14-18(16,17)12-7-3-2-6-11(12)15-8-4-5-10(13)9-15/h2-3,6-7,10,14H,4-5,8-9,13H2,1H3. The van der Waals surface area contributed by atoms with Gasteiger partial charge in [-0.15, -0.1) is 0 Å². The maximum absolute atomic E-state index is 12.0. The van der Waals surface area contributed by atoms with Gasteiger partial charge in [-0.25, -0.2) is 13.1 Å². The predicted molar refractivity (Wildman–Crippen MR) is 72.1 cm³/mol. The van der Waals surface area contributed by atoms with E-state index in [1.165, 1.54) is 7.05 Å². The molecule has 1 saturated heterocycles. The number of nitrogens with one attached hydrogen (secondary N) is 1. The van der Waals surface area contributed by atoms with Crippen LogP contribution in [0.2, 0.25) is 0 Å². The smallest absolute Gasteiger partial charge is 0.242 e. The molecule has 1 aliphatic rings. The van der Waals surface area contributed by atoms with Gasteiger partial charge in [0.25, 0.3) is 0 Å². The van der Waals surface area contributed by atoms with Crippen LogP contribution in [0.5, 0.6) is 0 Å². The molecule has 0 amide bonds. The van der Waals surface area contributed by atoms with Gasteiger partial charge in [0.15, 0.2) is 0 Å². The minimum atomic E-state index is -3.43. The first-order valence-corrected chi connectivity index (χ1v) is 7.56. The van der Waals surface area contributed by atoms with E-state index in [1.54, 1.807) is 12.1 Å². The van der Waals surface area contributed by atoms with Gasteiger partial charge >= 0.3 is 0 Å². The number of hydrogen-bond acceptors (Lipinski definition) is 4. The highest BCUT2D eigenvalue weighted by molar-refractivity contribution is 7.89. The third-order valence-corrected chi connectivity index (χ3v) is 4.68. The highest BCUT2D eigenvalue weighted by Gasteiger charge is 2.23. The molecular formula is C12H19N3O2S. The molecule has 1 heterocycles. The van der Waals surface area contributed by atoms with Gasteiger partial charge in [0.1, 0.15) is 4.90 Å². The van der Waals surface area contributed by atoms with Gasteiger partial charge < -0.3 is 10.6 Å². The molecule has 2 rings (SSSR count). The number of sulfonamides is 1. The molecule has 1 unspecified atom stereocenters. The zero-order valence-electron chi connectivity index (χ0n) is 10.5. The van der Waals surface area contributed by atoms with Crippen LogP contribution < -0.4 is 15.4 Å². The van der Waals surface area contributed by atoms with Crippen LogP contribution in [0, 0.1) is 0 Å². The molecular weight excluding hydrogens is 250 g/mol. The zero-order valence-corrected chi connectivity index (χ0v) is 11.3. The van der Waals surface area contributed by atoms with E-state index in [2.05, 4.69) is 9.62 Å². The molecule has 0 saturated carbocycles. The Morgan fingerprint density at radius 2 is 2.11 bits per heavy atom. The lowest BCUT2D eigenvalue weighted by atomic mass is 10.1. The topological polar surface area (TPSA) is 75.4 Å². The Labute approximate surface area is 108 Å². The van der Waals surface area contributed by atoms with Gasteiger partial charge in [0.2, 0.25) is 10.0 Å². The van der Waals surface area contributed by atoms with Crippen molar-refractivity contribution in [1.29, 1.82) is 0 Å². The molecule has 1 aliphatic heterocycles. The second kappa shape index (κ2) is 5.26. The number of hydrogen-bond donors (Lipinski definition) is 2. The minimum Gasteiger partial charge on any atom is -0.369 e. The predicted octanol–water partition coefficient (Wildman–Crippen LogP) is 0.522. The van der Waals surface area contributed by atoms with Crippen molar-refractivity contribution >= 4 is 15.7 Å². The van der Waals surface area contributed by atoms with Crippen LogP contribution in [0.3, 0.4) is 0 Å². The number of para-hydroxylation sites is 1. The first-order valence-electron chi connectivity index (χ1n) is 6.07. The fraction of sp³-hybridized carbons (Fsp3) is 0.500. The fourth-order valence-electron chi connectivity index (χ4n) is 2.28. The third-order valence-electron chi connectivity index (χ3n) is 3.22. The van der Waals surface area contributed by atoms with E-state index in [9.17, 15) is 8.42 Å².